The molecule has 0 amide bonds. The normalized spacial score (nSPS) is 39.0. The standard InChI is InChI=1S/C18H26O11S2/c19-6-13-14(21)11(20)8-30(13)9-12-17(29-31(24,25)26)15(22)16(23)18(28-12)27-7-10-4-2-1-3-5-10/h1-5,11-23H,6-9H2/t11-,12-,13-,14+,15-,16-,17+,18-,30?/m1/s1. The van der Waals surface area contributed by atoms with Crippen LogP contribution in [-0.2, 0) is 41.6 Å². The zero-order valence-corrected chi connectivity index (χ0v) is 18.0. The Bertz CT molecular complexity index is 808. The van der Waals surface area contributed by atoms with Crippen molar-refractivity contribution < 1.29 is 52.2 Å². The molecule has 13 heteroatoms. The van der Waals surface area contributed by atoms with Gasteiger partial charge in [-0.2, -0.15) is 0 Å². The SMILES string of the molecule is O=S(=O)([O-])O[C@@H]1[C@H](O)[C@@H](O)[C@H](OCc2ccccc2)O[C@@H]1C[S+]1C[C@@H](O)[C@H](O)[C@H]1CO. The number of aliphatic hydroxyl groups is 5. The van der Waals surface area contributed by atoms with E-state index >= 15 is 0 Å². The molecule has 0 saturated carbocycles. The highest BCUT2D eigenvalue weighted by Gasteiger charge is 2.54. The highest BCUT2D eigenvalue weighted by molar-refractivity contribution is 7.97. The van der Waals surface area contributed by atoms with E-state index in [-0.39, 0.29) is 18.1 Å². The van der Waals surface area contributed by atoms with Gasteiger partial charge in [-0.1, -0.05) is 30.3 Å². The Kier molecular flexibility index (Phi) is 8.32. The molecule has 9 atom stereocenters. The van der Waals surface area contributed by atoms with Crippen molar-refractivity contribution in [3.8, 4) is 0 Å². The van der Waals surface area contributed by atoms with Crippen molar-refractivity contribution >= 4 is 21.3 Å². The Labute approximate surface area is 182 Å². The van der Waals surface area contributed by atoms with E-state index in [4.69, 9.17) is 9.47 Å². The van der Waals surface area contributed by atoms with Gasteiger partial charge >= 0.3 is 0 Å². The van der Waals surface area contributed by atoms with Crippen LogP contribution in [0.15, 0.2) is 30.3 Å². The van der Waals surface area contributed by atoms with Crippen molar-refractivity contribution in [1.82, 2.24) is 0 Å². The lowest BCUT2D eigenvalue weighted by Crippen LogP contribution is -2.61. The van der Waals surface area contributed by atoms with Gasteiger partial charge in [0, 0.05) is 10.9 Å². The first-order chi connectivity index (χ1) is 14.6. The minimum atomic E-state index is -5.25. The average molecular weight is 483 g/mol. The first-order valence-corrected chi connectivity index (χ1v) is 12.5. The predicted octanol–water partition coefficient (Wildman–Crippen LogP) is -2.79. The predicted molar refractivity (Wildman–Crippen MR) is 106 cm³/mol. The summed E-state index contributed by atoms with van der Waals surface area (Å²) in [5.74, 6) is 0.0613. The Balaban J connectivity index is 1.77. The lowest BCUT2D eigenvalue weighted by atomic mass is 10.00. The van der Waals surface area contributed by atoms with Crippen molar-refractivity contribution in [1.29, 1.82) is 0 Å². The molecule has 0 aromatic heterocycles. The molecule has 0 spiro atoms. The second-order valence-corrected chi connectivity index (χ2v) is 10.8. The summed E-state index contributed by atoms with van der Waals surface area (Å²) in [6.45, 7) is -0.408. The fraction of sp³-hybridized carbons (Fsp3) is 0.667. The summed E-state index contributed by atoms with van der Waals surface area (Å²) in [5.41, 5.74) is 0.758. The summed E-state index contributed by atoms with van der Waals surface area (Å²) < 4.78 is 49.2. The molecule has 1 aromatic carbocycles. The largest absolute Gasteiger partial charge is 0.726 e. The van der Waals surface area contributed by atoms with Gasteiger partial charge in [0.15, 0.2) is 11.5 Å². The molecule has 11 nitrogen and oxygen atoms in total. The van der Waals surface area contributed by atoms with Crippen molar-refractivity contribution in [2.24, 2.45) is 0 Å². The number of benzene rings is 1. The molecular formula is C18H26O11S2. The zero-order chi connectivity index (χ0) is 22.8. The molecule has 1 unspecified atom stereocenters. The molecule has 3 rings (SSSR count). The van der Waals surface area contributed by atoms with Gasteiger partial charge in [0.05, 0.1) is 13.2 Å². The van der Waals surface area contributed by atoms with Crippen LogP contribution in [0.2, 0.25) is 0 Å². The quantitative estimate of drug-likeness (QED) is 0.146. The molecule has 2 saturated heterocycles. The number of ether oxygens (including phenoxy) is 2. The van der Waals surface area contributed by atoms with E-state index in [0.29, 0.717) is 0 Å². The Morgan fingerprint density at radius 3 is 2.39 bits per heavy atom. The average Bonchev–Trinajstić information content (AvgIpc) is 2.99. The Morgan fingerprint density at radius 1 is 1.10 bits per heavy atom. The maximum Gasteiger partial charge on any atom is 0.218 e. The first-order valence-electron chi connectivity index (χ1n) is 9.55. The summed E-state index contributed by atoms with van der Waals surface area (Å²) in [6.07, 6.45) is -10.1. The maximum absolute atomic E-state index is 11.2. The molecule has 2 aliphatic heterocycles. The molecule has 0 bridgehead atoms. The second kappa shape index (κ2) is 10.4. The van der Waals surface area contributed by atoms with Crippen LogP contribution in [0.5, 0.6) is 0 Å². The fourth-order valence-electron chi connectivity index (χ4n) is 3.69. The molecule has 31 heavy (non-hydrogen) atoms. The van der Waals surface area contributed by atoms with E-state index < -0.39 is 76.1 Å². The van der Waals surface area contributed by atoms with Gasteiger partial charge < -0.3 is 39.6 Å². The third-order valence-corrected chi connectivity index (χ3v) is 8.54. The summed E-state index contributed by atoms with van der Waals surface area (Å²) in [6, 6.07) is 8.92. The van der Waals surface area contributed by atoms with Crippen LogP contribution in [0, 0.1) is 0 Å². The summed E-state index contributed by atoms with van der Waals surface area (Å²) >= 11 is 0. The van der Waals surface area contributed by atoms with Crippen LogP contribution in [0.4, 0.5) is 0 Å². The zero-order valence-electron chi connectivity index (χ0n) is 16.3. The number of aliphatic hydroxyl groups excluding tert-OH is 5. The fourth-order valence-corrected chi connectivity index (χ4v) is 6.94. The molecule has 0 aliphatic carbocycles. The van der Waals surface area contributed by atoms with Gasteiger partial charge in [0.25, 0.3) is 0 Å². The van der Waals surface area contributed by atoms with Crippen molar-refractivity contribution in [2.75, 3.05) is 18.1 Å². The lowest BCUT2D eigenvalue weighted by molar-refractivity contribution is -0.291. The monoisotopic (exact) mass is 482 g/mol. The van der Waals surface area contributed by atoms with Crippen molar-refractivity contribution in [3.63, 3.8) is 0 Å². The Morgan fingerprint density at radius 2 is 1.77 bits per heavy atom. The molecule has 176 valence electrons. The first kappa shape index (κ1) is 24.8. The molecule has 2 fully saturated rings. The molecular weight excluding hydrogens is 456 g/mol. The highest BCUT2D eigenvalue weighted by atomic mass is 32.3. The minimum absolute atomic E-state index is 0.0236. The van der Waals surface area contributed by atoms with Gasteiger partial charge in [-0.25, -0.2) is 8.42 Å². The maximum atomic E-state index is 11.2. The van der Waals surface area contributed by atoms with E-state index in [0.717, 1.165) is 5.56 Å². The van der Waals surface area contributed by atoms with Crippen LogP contribution < -0.4 is 0 Å². The van der Waals surface area contributed by atoms with Crippen LogP contribution >= 0.6 is 0 Å². The second-order valence-electron chi connectivity index (χ2n) is 7.44. The van der Waals surface area contributed by atoms with E-state index in [1.807, 2.05) is 6.07 Å². The van der Waals surface area contributed by atoms with Gasteiger partial charge in [0.2, 0.25) is 10.4 Å². The summed E-state index contributed by atoms with van der Waals surface area (Å²) in [4.78, 5) is 0. The van der Waals surface area contributed by atoms with Crippen LogP contribution in [0.1, 0.15) is 5.56 Å². The number of hydrogen-bond acceptors (Lipinski definition) is 11. The van der Waals surface area contributed by atoms with Crippen LogP contribution in [-0.4, -0.2) is 105 Å². The van der Waals surface area contributed by atoms with Gasteiger partial charge in [-0.05, 0) is 5.56 Å². The van der Waals surface area contributed by atoms with E-state index in [1.54, 1.807) is 24.3 Å². The van der Waals surface area contributed by atoms with Crippen LogP contribution in [0.3, 0.4) is 0 Å². The summed E-state index contributed by atoms with van der Waals surface area (Å²) in [5, 5.41) is 49.6. The third kappa shape index (κ3) is 6.15. The van der Waals surface area contributed by atoms with E-state index in [9.17, 15) is 38.5 Å². The molecule has 2 heterocycles. The van der Waals surface area contributed by atoms with Crippen molar-refractivity contribution in [2.45, 2.75) is 54.8 Å². The smallest absolute Gasteiger partial charge is 0.218 e. The topological polar surface area (TPSA) is 186 Å². The van der Waals surface area contributed by atoms with Gasteiger partial charge in [-0.15, -0.1) is 0 Å². The van der Waals surface area contributed by atoms with E-state index in [2.05, 4.69) is 4.18 Å². The van der Waals surface area contributed by atoms with Gasteiger partial charge in [0.1, 0.15) is 48.1 Å². The van der Waals surface area contributed by atoms with Gasteiger partial charge in [-0.3, -0.25) is 4.18 Å². The van der Waals surface area contributed by atoms with Crippen LogP contribution in [0.25, 0.3) is 0 Å². The summed E-state index contributed by atoms with van der Waals surface area (Å²) in [7, 11) is -6.10. The highest BCUT2D eigenvalue weighted by Crippen LogP contribution is 2.31. The Hall–Kier alpha value is -0.840. The molecule has 0 radical (unpaired) electrons. The van der Waals surface area contributed by atoms with Crippen molar-refractivity contribution in [3.05, 3.63) is 35.9 Å². The third-order valence-electron chi connectivity index (χ3n) is 5.27. The minimum Gasteiger partial charge on any atom is -0.726 e. The van der Waals surface area contributed by atoms with E-state index in [1.165, 1.54) is 0 Å². The molecule has 2 aliphatic rings. The molecule has 1 aromatic rings. The lowest BCUT2D eigenvalue weighted by Gasteiger charge is -2.41. The number of hydrogen-bond donors (Lipinski definition) is 5. The molecule has 5 N–H and O–H groups in total. The number of rotatable bonds is 8.